The number of rotatable bonds is 6. The molecule has 0 aliphatic heterocycles. The maximum atomic E-state index is 12.0. The van der Waals surface area contributed by atoms with Gasteiger partial charge in [-0.2, -0.15) is 0 Å². The summed E-state index contributed by atoms with van der Waals surface area (Å²) in [4.78, 5) is 24.6. The first kappa shape index (κ1) is 14.8. The molecule has 0 heterocycles. The lowest BCUT2D eigenvalue weighted by atomic mass is 9.91. The van der Waals surface area contributed by atoms with E-state index in [-0.39, 0.29) is 25.1 Å². The lowest BCUT2D eigenvalue weighted by molar-refractivity contribution is -0.140. The van der Waals surface area contributed by atoms with Gasteiger partial charge in [0, 0.05) is 12.6 Å². The Kier molecular flexibility index (Phi) is 5.40. The first-order valence-corrected chi connectivity index (χ1v) is 6.38. The van der Waals surface area contributed by atoms with Gasteiger partial charge >= 0.3 is 12.0 Å². The van der Waals surface area contributed by atoms with E-state index >= 15 is 0 Å². The Hall–Kier alpha value is -1.30. The van der Waals surface area contributed by atoms with Gasteiger partial charge in [0.25, 0.3) is 0 Å². The molecule has 104 valence electrons. The van der Waals surface area contributed by atoms with Crippen molar-refractivity contribution in [2.24, 2.45) is 5.92 Å². The van der Waals surface area contributed by atoms with E-state index < -0.39 is 18.0 Å². The summed E-state index contributed by atoms with van der Waals surface area (Å²) in [7, 11) is 0. The molecule has 0 aromatic rings. The predicted octanol–water partition coefficient (Wildman–Crippen LogP) is 0.652. The van der Waals surface area contributed by atoms with Crippen LogP contribution >= 0.6 is 0 Å². The summed E-state index contributed by atoms with van der Waals surface area (Å²) in [5.74, 6) is -1.21. The molecular weight excluding hydrogens is 236 g/mol. The minimum Gasteiger partial charge on any atom is -0.480 e. The van der Waals surface area contributed by atoms with Crippen molar-refractivity contribution in [1.29, 1.82) is 0 Å². The zero-order valence-corrected chi connectivity index (χ0v) is 10.9. The van der Waals surface area contributed by atoms with Gasteiger partial charge in [-0.1, -0.05) is 13.8 Å². The first-order valence-electron chi connectivity index (χ1n) is 6.38. The monoisotopic (exact) mass is 258 g/mol. The third-order valence-electron chi connectivity index (χ3n) is 3.33. The summed E-state index contributed by atoms with van der Waals surface area (Å²) < 4.78 is 0. The Morgan fingerprint density at radius 2 is 2.00 bits per heavy atom. The zero-order valence-electron chi connectivity index (χ0n) is 10.9. The molecule has 1 atom stereocenters. The number of carboxylic acid groups (broad SMARTS) is 1. The second-order valence-corrected chi connectivity index (χ2v) is 5.01. The van der Waals surface area contributed by atoms with Crippen molar-refractivity contribution in [3.63, 3.8) is 0 Å². The lowest BCUT2D eigenvalue weighted by Gasteiger charge is -2.38. The molecule has 6 nitrogen and oxygen atoms in total. The fourth-order valence-corrected chi connectivity index (χ4v) is 1.99. The van der Waals surface area contributed by atoms with Crippen molar-refractivity contribution < 1.29 is 19.8 Å². The van der Waals surface area contributed by atoms with Gasteiger partial charge in [0.15, 0.2) is 0 Å². The van der Waals surface area contributed by atoms with E-state index in [2.05, 4.69) is 5.32 Å². The number of hydrogen-bond donors (Lipinski definition) is 3. The van der Waals surface area contributed by atoms with Crippen LogP contribution in [0.15, 0.2) is 0 Å². The second-order valence-electron chi connectivity index (χ2n) is 5.01. The van der Waals surface area contributed by atoms with Crippen LogP contribution in [0.25, 0.3) is 0 Å². The van der Waals surface area contributed by atoms with E-state index in [1.165, 1.54) is 0 Å². The Bertz CT molecular complexity index is 302. The molecular formula is C12H22N2O4. The number of aliphatic hydroxyl groups is 1. The Labute approximate surface area is 107 Å². The van der Waals surface area contributed by atoms with Crippen molar-refractivity contribution in [2.45, 2.75) is 45.2 Å². The van der Waals surface area contributed by atoms with E-state index in [9.17, 15) is 9.59 Å². The third-order valence-corrected chi connectivity index (χ3v) is 3.33. The molecule has 0 aromatic carbocycles. The number of aliphatic carboxylic acids is 1. The molecule has 0 spiro atoms. The van der Waals surface area contributed by atoms with Crippen LogP contribution in [0.3, 0.4) is 0 Å². The molecule has 1 rings (SSSR count). The molecule has 0 saturated heterocycles. The van der Waals surface area contributed by atoms with Crippen LogP contribution in [0.4, 0.5) is 4.79 Å². The topological polar surface area (TPSA) is 89.9 Å². The summed E-state index contributed by atoms with van der Waals surface area (Å²) in [5, 5.41) is 20.5. The molecule has 1 aliphatic rings. The standard InChI is InChI=1S/C12H22N2O4/c1-8(2)10(11(16)17)13-12(18)14(6-7-15)9-4-3-5-9/h8-10,15H,3-7H2,1-2H3,(H,13,18)(H,16,17)/t10-/m0/s1. The number of urea groups is 1. The minimum absolute atomic E-state index is 0.108. The molecule has 3 N–H and O–H groups in total. The number of carbonyl (C=O) groups is 2. The number of nitrogens with one attached hydrogen (secondary N) is 1. The normalized spacial score (nSPS) is 17.1. The number of carbonyl (C=O) groups excluding carboxylic acids is 1. The second kappa shape index (κ2) is 6.58. The number of nitrogens with zero attached hydrogens (tertiary/aromatic N) is 1. The number of hydrogen-bond acceptors (Lipinski definition) is 3. The van der Waals surface area contributed by atoms with E-state index in [1.54, 1.807) is 18.7 Å². The highest BCUT2D eigenvalue weighted by atomic mass is 16.4. The van der Waals surface area contributed by atoms with Gasteiger partial charge in [0.1, 0.15) is 6.04 Å². The van der Waals surface area contributed by atoms with Crippen molar-refractivity contribution in [2.75, 3.05) is 13.2 Å². The molecule has 1 aliphatic carbocycles. The van der Waals surface area contributed by atoms with Crippen molar-refractivity contribution in [3.05, 3.63) is 0 Å². The van der Waals surface area contributed by atoms with Crippen LogP contribution in [0, 0.1) is 5.92 Å². The molecule has 0 aromatic heterocycles. The summed E-state index contributed by atoms with van der Waals surface area (Å²) >= 11 is 0. The van der Waals surface area contributed by atoms with Gasteiger partial charge in [-0.15, -0.1) is 0 Å². The summed E-state index contributed by atoms with van der Waals surface area (Å²) in [6.45, 7) is 3.64. The molecule has 0 unspecified atom stereocenters. The molecule has 6 heteroatoms. The third kappa shape index (κ3) is 3.60. The van der Waals surface area contributed by atoms with Gasteiger partial charge in [0.2, 0.25) is 0 Å². The van der Waals surface area contributed by atoms with Crippen molar-refractivity contribution >= 4 is 12.0 Å². The maximum Gasteiger partial charge on any atom is 0.326 e. The maximum absolute atomic E-state index is 12.0. The SMILES string of the molecule is CC(C)[C@H](NC(=O)N(CCO)C1CCC1)C(=O)O. The summed E-state index contributed by atoms with van der Waals surface area (Å²) in [6, 6.07) is -1.15. The fourth-order valence-electron chi connectivity index (χ4n) is 1.99. The average Bonchev–Trinajstić information content (AvgIpc) is 2.21. The fraction of sp³-hybridized carbons (Fsp3) is 0.833. The van der Waals surface area contributed by atoms with Crippen LogP contribution in [0.5, 0.6) is 0 Å². The summed E-state index contributed by atoms with van der Waals surface area (Å²) in [6.07, 6.45) is 2.92. The van der Waals surface area contributed by atoms with Crippen LogP contribution in [0.2, 0.25) is 0 Å². The van der Waals surface area contributed by atoms with Gasteiger partial charge in [-0.25, -0.2) is 9.59 Å². The highest BCUT2D eigenvalue weighted by Gasteiger charge is 2.31. The number of carboxylic acids is 1. The molecule has 0 bridgehead atoms. The highest BCUT2D eigenvalue weighted by Crippen LogP contribution is 2.24. The van der Waals surface area contributed by atoms with Gasteiger partial charge < -0.3 is 20.4 Å². The first-order chi connectivity index (χ1) is 8.47. The van der Waals surface area contributed by atoms with Gasteiger partial charge in [-0.3, -0.25) is 0 Å². The van der Waals surface area contributed by atoms with E-state index in [1.807, 2.05) is 0 Å². The Morgan fingerprint density at radius 3 is 2.33 bits per heavy atom. The number of aliphatic hydroxyl groups excluding tert-OH is 1. The summed E-state index contributed by atoms with van der Waals surface area (Å²) in [5.41, 5.74) is 0. The molecule has 0 radical (unpaired) electrons. The van der Waals surface area contributed by atoms with Gasteiger partial charge in [0.05, 0.1) is 6.61 Å². The molecule has 1 fully saturated rings. The van der Waals surface area contributed by atoms with E-state index in [0.717, 1.165) is 19.3 Å². The Balaban J connectivity index is 2.61. The molecule has 2 amide bonds. The Morgan fingerprint density at radius 1 is 1.39 bits per heavy atom. The largest absolute Gasteiger partial charge is 0.480 e. The van der Waals surface area contributed by atoms with Crippen LogP contribution in [0.1, 0.15) is 33.1 Å². The van der Waals surface area contributed by atoms with Crippen molar-refractivity contribution in [1.82, 2.24) is 10.2 Å². The van der Waals surface area contributed by atoms with Crippen LogP contribution in [-0.4, -0.2) is 52.3 Å². The smallest absolute Gasteiger partial charge is 0.326 e. The van der Waals surface area contributed by atoms with Crippen LogP contribution < -0.4 is 5.32 Å². The molecule has 1 saturated carbocycles. The van der Waals surface area contributed by atoms with E-state index in [4.69, 9.17) is 10.2 Å². The van der Waals surface area contributed by atoms with Crippen molar-refractivity contribution in [3.8, 4) is 0 Å². The predicted molar refractivity (Wildman–Crippen MR) is 66.2 cm³/mol. The van der Waals surface area contributed by atoms with Gasteiger partial charge in [-0.05, 0) is 25.2 Å². The minimum atomic E-state index is -1.03. The lowest BCUT2D eigenvalue weighted by Crippen LogP contribution is -2.55. The molecule has 18 heavy (non-hydrogen) atoms. The van der Waals surface area contributed by atoms with E-state index in [0.29, 0.717) is 0 Å². The highest BCUT2D eigenvalue weighted by molar-refractivity contribution is 5.83. The van der Waals surface area contributed by atoms with Crippen LogP contribution in [-0.2, 0) is 4.79 Å². The zero-order chi connectivity index (χ0) is 13.7. The number of amides is 2. The average molecular weight is 258 g/mol. The quantitative estimate of drug-likeness (QED) is 0.652.